The second-order valence-corrected chi connectivity index (χ2v) is 5.34. The first-order chi connectivity index (χ1) is 8.40. The van der Waals surface area contributed by atoms with E-state index in [0.717, 1.165) is 11.3 Å². The van der Waals surface area contributed by atoms with Crippen LogP contribution >= 0.6 is 0 Å². The minimum atomic E-state index is -0.474. The first kappa shape index (κ1) is 12.7. The Hall–Kier alpha value is -1.72. The molecule has 0 fully saturated rings. The summed E-state index contributed by atoms with van der Waals surface area (Å²) in [5.74, 6) is 0.623. The number of nitrogens with one attached hydrogen (secondary N) is 1. The van der Waals surface area contributed by atoms with E-state index in [4.69, 9.17) is 9.26 Å². The van der Waals surface area contributed by atoms with Gasteiger partial charge in [-0.2, -0.15) is 0 Å². The lowest BCUT2D eigenvalue weighted by atomic mass is 10.1. The van der Waals surface area contributed by atoms with Gasteiger partial charge >= 0.3 is 6.09 Å². The zero-order valence-electron chi connectivity index (χ0n) is 11.2. The maximum absolute atomic E-state index is 12.0. The van der Waals surface area contributed by atoms with Crippen LogP contribution in [0.2, 0.25) is 0 Å². The summed E-state index contributed by atoms with van der Waals surface area (Å²) < 4.78 is 10.5. The predicted octanol–water partition coefficient (Wildman–Crippen LogP) is 2.01. The van der Waals surface area contributed by atoms with Crippen LogP contribution in [0.1, 0.15) is 32.0 Å². The first-order valence-electron chi connectivity index (χ1n) is 6.04. The predicted molar refractivity (Wildman–Crippen MR) is 66.4 cm³/mol. The Bertz CT molecular complexity index is 434. The van der Waals surface area contributed by atoms with Crippen LogP contribution in [0.4, 0.5) is 10.7 Å². The van der Waals surface area contributed by atoms with E-state index in [9.17, 15) is 4.79 Å². The summed E-state index contributed by atoms with van der Waals surface area (Å²) in [6.07, 6.45) is 0.399. The molecule has 0 aliphatic carbocycles. The van der Waals surface area contributed by atoms with Gasteiger partial charge in [0.05, 0.1) is 17.8 Å². The molecule has 0 atom stereocenters. The lowest BCUT2D eigenvalue weighted by Gasteiger charge is -2.29. The molecule has 1 aliphatic heterocycles. The zero-order chi connectivity index (χ0) is 13.3. The van der Waals surface area contributed by atoms with Crippen LogP contribution in [0.3, 0.4) is 0 Å². The summed E-state index contributed by atoms with van der Waals surface area (Å²) in [6.45, 7) is 6.66. The molecule has 0 radical (unpaired) electrons. The molecule has 1 amide bonds. The zero-order valence-corrected chi connectivity index (χ0v) is 11.2. The third kappa shape index (κ3) is 2.57. The minimum absolute atomic E-state index is 0.295. The average Bonchev–Trinajstić information content (AvgIpc) is 2.68. The van der Waals surface area contributed by atoms with Gasteiger partial charge in [-0.3, -0.25) is 0 Å². The number of hydrogen-bond donors (Lipinski definition) is 1. The molecule has 1 aromatic rings. The van der Waals surface area contributed by atoms with Gasteiger partial charge in [-0.15, -0.1) is 0 Å². The topological polar surface area (TPSA) is 67.6 Å². The van der Waals surface area contributed by atoms with Crippen molar-refractivity contribution in [2.45, 2.75) is 39.3 Å². The van der Waals surface area contributed by atoms with Gasteiger partial charge in [-0.05, 0) is 20.8 Å². The van der Waals surface area contributed by atoms with E-state index in [1.165, 1.54) is 0 Å². The van der Waals surface area contributed by atoms with Crippen molar-refractivity contribution in [3.05, 3.63) is 11.3 Å². The molecule has 1 aromatic heterocycles. The highest BCUT2D eigenvalue weighted by atomic mass is 16.6. The molecule has 1 aliphatic rings. The fourth-order valence-corrected chi connectivity index (χ4v) is 1.89. The van der Waals surface area contributed by atoms with Crippen molar-refractivity contribution in [3.8, 4) is 0 Å². The van der Waals surface area contributed by atoms with E-state index in [1.54, 1.807) is 11.9 Å². The largest absolute Gasteiger partial charge is 0.444 e. The van der Waals surface area contributed by atoms with E-state index >= 15 is 0 Å². The van der Waals surface area contributed by atoms with Crippen LogP contribution < -0.4 is 5.32 Å². The second-order valence-electron chi connectivity index (χ2n) is 5.34. The number of ether oxygens (including phenoxy) is 1. The van der Waals surface area contributed by atoms with Gasteiger partial charge < -0.3 is 19.5 Å². The monoisotopic (exact) mass is 253 g/mol. The summed E-state index contributed by atoms with van der Waals surface area (Å²) >= 11 is 0. The van der Waals surface area contributed by atoms with E-state index in [2.05, 4.69) is 10.5 Å². The fraction of sp³-hybridized carbons (Fsp3) is 0.667. The van der Waals surface area contributed by atoms with E-state index in [0.29, 0.717) is 25.4 Å². The van der Waals surface area contributed by atoms with Crippen LogP contribution in [0.15, 0.2) is 4.52 Å². The van der Waals surface area contributed by atoms with Crippen molar-refractivity contribution in [1.82, 2.24) is 10.1 Å². The maximum Gasteiger partial charge on any atom is 0.410 e. The van der Waals surface area contributed by atoms with Gasteiger partial charge in [-0.1, -0.05) is 5.16 Å². The highest BCUT2D eigenvalue weighted by molar-refractivity contribution is 5.69. The molecule has 0 unspecified atom stereocenters. The number of fused-ring (bicyclic) bond motifs is 1. The van der Waals surface area contributed by atoms with Gasteiger partial charge in [0, 0.05) is 20.0 Å². The Balaban J connectivity index is 2.09. The maximum atomic E-state index is 12.0. The number of carbonyl (C=O) groups excluding carboxylic acids is 1. The average molecular weight is 253 g/mol. The van der Waals surface area contributed by atoms with Gasteiger partial charge in [0.15, 0.2) is 0 Å². The summed E-state index contributed by atoms with van der Waals surface area (Å²) in [6, 6.07) is 0. The normalized spacial score (nSPS) is 15.2. The molecule has 6 nitrogen and oxygen atoms in total. The quantitative estimate of drug-likeness (QED) is 0.829. The molecule has 18 heavy (non-hydrogen) atoms. The third-order valence-corrected chi connectivity index (χ3v) is 2.72. The highest BCUT2D eigenvalue weighted by Gasteiger charge is 2.29. The van der Waals surface area contributed by atoms with Crippen LogP contribution in [-0.4, -0.2) is 35.3 Å². The molecule has 2 rings (SSSR count). The van der Waals surface area contributed by atoms with Crippen LogP contribution in [0.25, 0.3) is 0 Å². The first-order valence-corrected chi connectivity index (χ1v) is 6.04. The summed E-state index contributed by atoms with van der Waals surface area (Å²) in [7, 11) is 1.77. The standard InChI is InChI=1S/C12H19N3O3/c1-12(2,3)17-11(16)15-6-5-9-8(7-15)10(13-4)18-14-9/h13H,5-7H2,1-4H3. The number of nitrogens with zero attached hydrogens (tertiary/aromatic N) is 2. The van der Waals surface area contributed by atoms with Crippen molar-refractivity contribution in [2.75, 3.05) is 18.9 Å². The number of hydrogen-bond acceptors (Lipinski definition) is 5. The fourth-order valence-electron chi connectivity index (χ4n) is 1.89. The molecule has 0 saturated heterocycles. The van der Waals surface area contributed by atoms with Crippen LogP contribution in [0.5, 0.6) is 0 Å². The number of carbonyl (C=O) groups is 1. The number of aromatic nitrogens is 1. The molecule has 6 heteroatoms. The minimum Gasteiger partial charge on any atom is -0.444 e. The van der Waals surface area contributed by atoms with Crippen molar-refractivity contribution in [2.24, 2.45) is 0 Å². The van der Waals surface area contributed by atoms with Crippen LogP contribution in [-0.2, 0) is 17.7 Å². The molecular formula is C12H19N3O3. The molecular weight excluding hydrogens is 234 g/mol. The van der Waals surface area contributed by atoms with Crippen molar-refractivity contribution in [1.29, 1.82) is 0 Å². The van der Waals surface area contributed by atoms with Crippen molar-refractivity contribution >= 4 is 12.0 Å². The summed E-state index contributed by atoms with van der Waals surface area (Å²) in [5, 5.41) is 6.91. The number of anilines is 1. The molecule has 1 N–H and O–H groups in total. The Morgan fingerprint density at radius 1 is 1.50 bits per heavy atom. The Kier molecular flexibility index (Phi) is 3.19. The molecule has 0 spiro atoms. The third-order valence-electron chi connectivity index (χ3n) is 2.72. The number of rotatable bonds is 1. The molecule has 0 saturated carbocycles. The lowest BCUT2D eigenvalue weighted by molar-refractivity contribution is 0.0224. The Labute approximate surface area is 106 Å². The van der Waals surface area contributed by atoms with Crippen molar-refractivity contribution < 1.29 is 14.1 Å². The van der Waals surface area contributed by atoms with Gasteiger partial charge in [-0.25, -0.2) is 4.79 Å². The number of amides is 1. The molecule has 0 aromatic carbocycles. The van der Waals surface area contributed by atoms with E-state index < -0.39 is 5.60 Å². The van der Waals surface area contributed by atoms with Gasteiger partial charge in [0.25, 0.3) is 0 Å². The van der Waals surface area contributed by atoms with E-state index in [1.807, 2.05) is 20.8 Å². The molecule has 100 valence electrons. The van der Waals surface area contributed by atoms with Crippen molar-refractivity contribution in [3.63, 3.8) is 0 Å². The molecule has 2 heterocycles. The Morgan fingerprint density at radius 2 is 2.22 bits per heavy atom. The molecule has 0 bridgehead atoms. The second kappa shape index (κ2) is 4.51. The van der Waals surface area contributed by atoms with Gasteiger partial charge in [0.1, 0.15) is 5.60 Å². The summed E-state index contributed by atoms with van der Waals surface area (Å²) in [4.78, 5) is 13.6. The lowest BCUT2D eigenvalue weighted by Crippen LogP contribution is -2.39. The SMILES string of the molecule is CNc1onc2c1CN(C(=O)OC(C)(C)C)CC2. The Morgan fingerprint density at radius 3 is 2.83 bits per heavy atom. The smallest absolute Gasteiger partial charge is 0.410 e. The van der Waals surface area contributed by atoms with E-state index in [-0.39, 0.29) is 6.09 Å². The van der Waals surface area contributed by atoms with Crippen LogP contribution in [0, 0.1) is 0 Å². The highest BCUT2D eigenvalue weighted by Crippen LogP contribution is 2.26. The summed E-state index contributed by atoms with van der Waals surface area (Å²) in [5.41, 5.74) is 1.38. The van der Waals surface area contributed by atoms with Gasteiger partial charge in [0.2, 0.25) is 5.88 Å².